The Morgan fingerprint density at radius 3 is 3.00 bits per heavy atom. The van der Waals surface area contributed by atoms with Gasteiger partial charge in [0.25, 0.3) is 0 Å². The molecule has 1 atom stereocenters. The Morgan fingerprint density at radius 2 is 2.33 bits per heavy atom. The lowest BCUT2D eigenvalue weighted by Crippen LogP contribution is -2.17. The number of methoxy groups -OCH3 is 1. The van der Waals surface area contributed by atoms with Gasteiger partial charge in [0.05, 0.1) is 13.3 Å². The van der Waals surface area contributed by atoms with E-state index in [1.807, 2.05) is 19.3 Å². The van der Waals surface area contributed by atoms with Crippen LogP contribution in [0.2, 0.25) is 0 Å². The van der Waals surface area contributed by atoms with Crippen LogP contribution < -0.4 is 10.1 Å². The van der Waals surface area contributed by atoms with Gasteiger partial charge in [0.15, 0.2) is 0 Å². The minimum Gasteiger partial charge on any atom is -0.495 e. The fourth-order valence-corrected chi connectivity index (χ4v) is 1.19. The lowest BCUT2D eigenvalue weighted by atomic mass is 10.2. The highest BCUT2D eigenvalue weighted by atomic mass is 16.5. The van der Waals surface area contributed by atoms with Crippen LogP contribution in [-0.4, -0.2) is 25.2 Å². The third kappa shape index (κ3) is 4.13. The Hall–Kier alpha value is -1.35. The van der Waals surface area contributed by atoms with Gasteiger partial charge >= 0.3 is 0 Å². The molecule has 1 N–H and O–H groups in total. The number of hydrogen-bond acceptors (Lipinski definition) is 3. The van der Waals surface area contributed by atoms with E-state index >= 15 is 0 Å². The van der Waals surface area contributed by atoms with Crippen LogP contribution in [0.3, 0.4) is 0 Å². The quantitative estimate of drug-likeness (QED) is 0.746. The first-order valence-electron chi connectivity index (χ1n) is 5.08. The number of hydrogen-bond donors (Lipinski definition) is 1. The summed E-state index contributed by atoms with van der Waals surface area (Å²) in [6.07, 6.45) is 8.73. The lowest BCUT2D eigenvalue weighted by Gasteiger charge is -2.03. The molecule has 15 heavy (non-hydrogen) atoms. The number of nitrogens with zero attached hydrogens (tertiary/aromatic N) is 1. The summed E-state index contributed by atoms with van der Waals surface area (Å²) in [5, 5.41) is 3.15. The van der Waals surface area contributed by atoms with Crippen LogP contribution in [0.25, 0.3) is 0 Å². The van der Waals surface area contributed by atoms with Crippen molar-refractivity contribution in [2.24, 2.45) is 0 Å². The monoisotopic (exact) mass is 206 g/mol. The van der Waals surface area contributed by atoms with E-state index in [1.165, 1.54) is 0 Å². The number of pyridine rings is 1. The SMILES string of the molecule is CNC(C)/C=C/Cc1cncc(OC)c1. The van der Waals surface area contributed by atoms with Crippen LogP contribution in [-0.2, 0) is 6.42 Å². The van der Waals surface area contributed by atoms with Crippen LogP contribution in [0.15, 0.2) is 30.6 Å². The van der Waals surface area contributed by atoms with Gasteiger partial charge in [-0.05, 0) is 32.0 Å². The average molecular weight is 206 g/mol. The summed E-state index contributed by atoms with van der Waals surface area (Å²) in [6.45, 7) is 2.11. The molecule has 0 radical (unpaired) electrons. The van der Waals surface area contributed by atoms with E-state index in [0.717, 1.165) is 17.7 Å². The number of allylic oxidation sites excluding steroid dienone is 1. The van der Waals surface area contributed by atoms with Gasteiger partial charge < -0.3 is 10.1 Å². The van der Waals surface area contributed by atoms with E-state index in [1.54, 1.807) is 13.3 Å². The third-order valence-corrected chi connectivity index (χ3v) is 2.24. The Balaban J connectivity index is 2.53. The molecule has 0 aromatic carbocycles. The standard InChI is InChI=1S/C12H18N2O/c1-10(13-2)5-4-6-11-7-12(15-3)9-14-8-11/h4-5,7-10,13H,6H2,1-3H3/b5-4+. The van der Waals surface area contributed by atoms with E-state index < -0.39 is 0 Å². The van der Waals surface area contributed by atoms with Gasteiger partial charge in [0, 0.05) is 12.2 Å². The van der Waals surface area contributed by atoms with Crippen molar-refractivity contribution >= 4 is 0 Å². The molecular weight excluding hydrogens is 188 g/mol. The van der Waals surface area contributed by atoms with Crippen LogP contribution in [0.5, 0.6) is 5.75 Å². The summed E-state index contributed by atoms with van der Waals surface area (Å²) in [7, 11) is 3.60. The summed E-state index contributed by atoms with van der Waals surface area (Å²) in [5.41, 5.74) is 1.16. The fourth-order valence-electron chi connectivity index (χ4n) is 1.19. The molecule has 0 saturated carbocycles. The van der Waals surface area contributed by atoms with Gasteiger partial charge in [0.1, 0.15) is 5.75 Å². The predicted molar refractivity (Wildman–Crippen MR) is 62.2 cm³/mol. The van der Waals surface area contributed by atoms with Crippen molar-refractivity contribution in [1.29, 1.82) is 0 Å². The first-order chi connectivity index (χ1) is 7.26. The zero-order valence-electron chi connectivity index (χ0n) is 9.53. The van der Waals surface area contributed by atoms with Crippen molar-refractivity contribution in [3.63, 3.8) is 0 Å². The highest BCUT2D eigenvalue weighted by molar-refractivity contribution is 5.25. The summed E-state index contributed by atoms with van der Waals surface area (Å²) in [4.78, 5) is 4.10. The smallest absolute Gasteiger partial charge is 0.137 e. The van der Waals surface area contributed by atoms with Gasteiger partial charge in [-0.1, -0.05) is 12.2 Å². The third-order valence-electron chi connectivity index (χ3n) is 2.24. The predicted octanol–water partition coefficient (Wildman–Crippen LogP) is 1.80. The second kappa shape index (κ2) is 6.19. The van der Waals surface area contributed by atoms with Gasteiger partial charge in [-0.3, -0.25) is 4.98 Å². The van der Waals surface area contributed by atoms with Crippen LogP contribution in [0.1, 0.15) is 12.5 Å². The second-order valence-electron chi connectivity index (χ2n) is 3.44. The molecule has 1 rings (SSSR count). The topological polar surface area (TPSA) is 34.2 Å². The highest BCUT2D eigenvalue weighted by Gasteiger charge is 1.95. The average Bonchev–Trinajstić information content (AvgIpc) is 2.29. The van der Waals surface area contributed by atoms with Crippen molar-refractivity contribution in [2.75, 3.05) is 14.2 Å². The Bertz CT molecular complexity index is 323. The van der Waals surface area contributed by atoms with Gasteiger partial charge in [0.2, 0.25) is 0 Å². The van der Waals surface area contributed by atoms with E-state index in [4.69, 9.17) is 4.74 Å². The molecular formula is C12H18N2O. The van der Waals surface area contributed by atoms with Gasteiger partial charge in [-0.2, -0.15) is 0 Å². The molecule has 0 aliphatic rings. The summed E-state index contributed by atoms with van der Waals surface area (Å²) in [6, 6.07) is 2.41. The molecule has 3 heteroatoms. The summed E-state index contributed by atoms with van der Waals surface area (Å²) >= 11 is 0. The fraction of sp³-hybridized carbons (Fsp3) is 0.417. The van der Waals surface area contributed by atoms with Crippen molar-refractivity contribution in [1.82, 2.24) is 10.3 Å². The maximum Gasteiger partial charge on any atom is 0.137 e. The highest BCUT2D eigenvalue weighted by Crippen LogP contribution is 2.10. The molecule has 82 valence electrons. The van der Waals surface area contributed by atoms with E-state index in [-0.39, 0.29) is 0 Å². The minimum absolute atomic E-state index is 0.406. The summed E-state index contributed by atoms with van der Waals surface area (Å²) < 4.78 is 5.10. The lowest BCUT2D eigenvalue weighted by molar-refractivity contribution is 0.412. The number of rotatable bonds is 5. The van der Waals surface area contributed by atoms with E-state index in [2.05, 4.69) is 29.4 Å². The second-order valence-corrected chi connectivity index (χ2v) is 3.44. The molecule has 1 aromatic heterocycles. The van der Waals surface area contributed by atoms with Gasteiger partial charge in [-0.25, -0.2) is 0 Å². The zero-order chi connectivity index (χ0) is 11.1. The maximum absolute atomic E-state index is 5.10. The molecule has 0 spiro atoms. The molecule has 1 unspecified atom stereocenters. The molecule has 0 saturated heterocycles. The van der Waals surface area contributed by atoms with Gasteiger partial charge in [-0.15, -0.1) is 0 Å². The molecule has 0 fully saturated rings. The zero-order valence-corrected chi connectivity index (χ0v) is 9.53. The molecule has 0 bridgehead atoms. The van der Waals surface area contributed by atoms with Crippen molar-refractivity contribution in [2.45, 2.75) is 19.4 Å². The molecule has 1 aromatic rings. The minimum atomic E-state index is 0.406. The van der Waals surface area contributed by atoms with Crippen LogP contribution >= 0.6 is 0 Å². The van der Waals surface area contributed by atoms with Crippen molar-refractivity contribution in [3.05, 3.63) is 36.2 Å². The number of ether oxygens (including phenoxy) is 1. The van der Waals surface area contributed by atoms with E-state index in [9.17, 15) is 0 Å². The number of nitrogens with one attached hydrogen (secondary N) is 1. The first-order valence-corrected chi connectivity index (χ1v) is 5.08. The van der Waals surface area contributed by atoms with Crippen LogP contribution in [0, 0.1) is 0 Å². The summed E-state index contributed by atoms with van der Waals surface area (Å²) in [5.74, 6) is 0.808. The normalized spacial score (nSPS) is 13.0. The van der Waals surface area contributed by atoms with Crippen molar-refractivity contribution in [3.8, 4) is 5.75 Å². The number of likely N-dealkylation sites (N-methyl/N-ethyl adjacent to an activating group) is 1. The molecule has 0 aliphatic carbocycles. The maximum atomic E-state index is 5.10. The number of aromatic nitrogens is 1. The molecule has 3 nitrogen and oxygen atoms in total. The molecule has 0 aliphatic heterocycles. The van der Waals surface area contributed by atoms with E-state index in [0.29, 0.717) is 6.04 Å². The van der Waals surface area contributed by atoms with Crippen molar-refractivity contribution < 1.29 is 4.74 Å². The Kier molecular flexibility index (Phi) is 4.84. The molecule has 1 heterocycles. The Labute approximate surface area is 91.2 Å². The molecule has 0 amide bonds. The Morgan fingerprint density at radius 1 is 1.53 bits per heavy atom. The largest absolute Gasteiger partial charge is 0.495 e. The first kappa shape index (κ1) is 11.7. The van der Waals surface area contributed by atoms with Crippen LogP contribution in [0.4, 0.5) is 0 Å².